The Bertz CT molecular complexity index is 490. The van der Waals surface area contributed by atoms with E-state index in [4.69, 9.17) is 5.11 Å². The average Bonchev–Trinajstić information content (AvgIpc) is 2.32. The van der Waals surface area contributed by atoms with Crippen molar-refractivity contribution in [2.24, 2.45) is 5.92 Å². The van der Waals surface area contributed by atoms with Gasteiger partial charge in [0.1, 0.15) is 6.54 Å². The Balaban J connectivity index is 2.13. The molecule has 1 aromatic heterocycles. The maximum Gasteiger partial charge on any atom is 0.325 e. The number of carboxylic acids is 1. The Kier molecular flexibility index (Phi) is 3.64. The zero-order valence-electron chi connectivity index (χ0n) is 10.4. The SMILES string of the molecule is CC1CCN(c2cnn(CC(=O)O)c(=O)c2)CC1. The van der Waals surface area contributed by atoms with E-state index in [9.17, 15) is 9.59 Å². The summed E-state index contributed by atoms with van der Waals surface area (Å²) in [6.07, 6.45) is 3.79. The van der Waals surface area contributed by atoms with E-state index in [1.807, 2.05) is 0 Å². The number of rotatable bonds is 3. The van der Waals surface area contributed by atoms with Crippen molar-refractivity contribution in [3.63, 3.8) is 0 Å². The summed E-state index contributed by atoms with van der Waals surface area (Å²) in [6, 6.07) is 1.46. The highest BCUT2D eigenvalue weighted by molar-refractivity contribution is 5.66. The van der Waals surface area contributed by atoms with Gasteiger partial charge < -0.3 is 10.0 Å². The fourth-order valence-corrected chi connectivity index (χ4v) is 2.11. The van der Waals surface area contributed by atoms with E-state index in [2.05, 4.69) is 16.9 Å². The molecular weight excluding hydrogens is 234 g/mol. The lowest BCUT2D eigenvalue weighted by molar-refractivity contribution is -0.138. The van der Waals surface area contributed by atoms with Crippen molar-refractivity contribution in [2.45, 2.75) is 26.3 Å². The predicted molar refractivity (Wildman–Crippen MR) is 66.7 cm³/mol. The van der Waals surface area contributed by atoms with Crippen LogP contribution in [0.2, 0.25) is 0 Å². The maximum atomic E-state index is 11.7. The third-order valence-electron chi connectivity index (χ3n) is 3.29. The molecule has 1 N–H and O–H groups in total. The first-order chi connectivity index (χ1) is 8.56. The number of hydrogen-bond acceptors (Lipinski definition) is 4. The molecule has 0 saturated carbocycles. The van der Waals surface area contributed by atoms with E-state index in [1.165, 1.54) is 6.07 Å². The first-order valence-electron chi connectivity index (χ1n) is 6.10. The summed E-state index contributed by atoms with van der Waals surface area (Å²) in [4.78, 5) is 24.4. The lowest BCUT2D eigenvalue weighted by Gasteiger charge is -2.31. The molecule has 2 heterocycles. The lowest BCUT2D eigenvalue weighted by Crippen LogP contribution is -2.35. The van der Waals surface area contributed by atoms with Gasteiger partial charge in [-0.3, -0.25) is 9.59 Å². The molecule has 0 spiro atoms. The summed E-state index contributed by atoms with van der Waals surface area (Å²) in [7, 11) is 0. The summed E-state index contributed by atoms with van der Waals surface area (Å²) in [5, 5.41) is 12.5. The summed E-state index contributed by atoms with van der Waals surface area (Å²) < 4.78 is 0.957. The lowest BCUT2D eigenvalue weighted by atomic mass is 9.99. The minimum atomic E-state index is -1.07. The Morgan fingerprint density at radius 1 is 1.50 bits per heavy atom. The van der Waals surface area contributed by atoms with E-state index in [0.717, 1.165) is 42.2 Å². The quantitative estimate of drug-likeness (QED) is 0.849. The van der Waals surface area contributed by atoms with E-state index >= 15 is 0 Å². The van der Waals surface area contributed by atoms with Crippen molar-refractivity contribution in [3.8, 4) is 0 Å². The smallest absolute Gasteiger partial charge is 0.325 e. The second-order valence-corrected chi connectivity index (χ2v) is 4.77. The molecule has 6 nitrogen and oxygen atoms in total. The van der Waals surface area contributed by atoms with Gasteiger partial charge in [0, 0.05) is 19.2 Å². The molecule has 2 rings (SSSR count). The molecule has 98 valence electrons. The fourth-order valence-electron chi connectivity index (χ4n) is 2.11. The van der Waals surface area contributed by atoms with Crippen LogP contribution in [0.25, 0.3) is 0 Å². The third kappa shape index (κ3) is 2.88. The molecule has 18 heavy (non-hydrogen) atoms. The van der Waals surface area contributed by atoms with Crippen LogP contribution in [0, 0.1) is 5.92 Å². The number of anilines is 1. The zero-order chi connectivity index (χ0) is 13.1. The minimum Gasteiger partial charge on any atom is -0.480 e. The van der Waals surface area contributed by atoms with Gasteiger partial charge in [-0.15, -0.1) is 0 Å². The van der Waals surface area contributed by atoms with E-state index < -0.39 is 12.5 Å². The van der Waals surface area contributed by atoms with Gasteiger partial charge in [0.15, 0.2) is 0 Å². The van der Waals surface area contributed by atoms with Crippen molar-refractivity contribution >= 4 is 11.7 Å². The zero-order valence-corrected chi connectivity index (χ0v) is 10.4. The maximum absolute atomic E-state index is 11.7. The van der Waals surface area contributed by atoms with Crippen molar-refractivity contribution in [1.82, 2.24) is 9.78 Å². The Morgan fingerprint density at radius 3 is 2.72 bits per heavy atom. The van der Waals surface area contributed by atoms with E-state index in [0.29, 0.717) is 0 Å². The highest BCUT2D eigenvalue weighted by atomic mass is 16.4. The van der Waals surface area contributed by atoms with Gasteiger partial charge in [-0.25, -0.2) is 4.68 Å². The summed E-state index contributed by atoms with van der Waals surface area (Å²) >= 11 is 0. The van der Waals surface area contributed by atoms with Crippen molar-refractivity contribution < 1.29 is 9.90 Å². The molecular formula is C12H17N3O3. The number of nitrogens with zero attached hydrogens (tertiary/aromatic N) is 3. The summed E-state index contributed by atoms with van der Waals surface area (Å²) in [6.45, 7) is 3.67. The first-order valence-corrected chi connectivity index (χ1v) is 6.10. The molecule has 0 radical (unpaired) electrons. The highest BCUT2D eigenvalue weighted by Crippen LogP contribution is 2.20. The number of hydrogen-bond donors (Lipinski definition) is 1. The molecule has 0 aromatic carbocycles. The van der Waals surface area contributed by atoms with Crippen molar-refractivity contribution in [3.05, 3.63) is 22.6 Å². The van der Waals surface area contributed by atoms with Gasteiger partial charge in [-0.05, 0) is 18.8 Å². The van der Waals surface area contributed by atoms with Crippen LogP contribution in [-0.4, -0.2) is 33.9 Å². The Morgan fingerprint density at radius 2 is 2.17 bits per heavy atom. The molecule has 1 fully saturated rings. The second-order valence-electron chi connectivity index (χ2n) is 4.77. The van der Waals surface area contributed by atoms with Gasteiger partial charge >= 0.3 is 5.97 Å². The van der Waals surface area contributed by atoms with Crippen LogP contribution in [-0.2, 0) is 11.3 Å². The largest absolute Gasteiger partial charge is 0.480 e. The summed E-state index contributed by atoms with van der Waals surface area (Å²) in [5.41, 5.74) is 0.419. The van der Waals surface area contributed by atoms with E-state index in [1.54, 1.807) is 6.20 Å². The van der Waals surface area contributed by atoms with Gasteiger partial charge in [0.05, 0.1) is 11.9 Å². The third-order valence-corrected chi connectivity index (χ3v) is 3.29. The molecule has 0 amide bonds. The van der Waals surface area contributed by atoms with Gasteiger partial charge in [-0.2, -0.15) is 5.10 Å². The monoisotopic (exact) mass is 251 g/mol. The van der Waals surface area contributed by atoms with Crippen molar-refractivity contribution in [2.75, 3.05) is 18.0 Å². The number of aliphatic carboxylic acids is 1. The van der Waals surface area contributed by atoms with Gasteiger partial charge in [-0.1, -0.05) is 6.92 Å². The molecule has 1 aliphatic rings. The topological polar surface area (TPSA) is 75.4 Å². The molecule has 0 atom stereocenters. The van der Waals surface area contributed by atoms with Crippen LogP contribution < -0.4 is 10.5 Å². The molecule has 6 heteroatoms. The first kappa shape index (κ1) is 12.6. The summed E-state index contributed by atoms with van der Waals surface area (Å²) in [5.74, 6) is -0.342. The highest BCUT2D eigenvalue weighted by Gasteiger charge is 2.17. The number of carboxylic acid groups (broad SMARTS) is 1. The van der Waals surface area contributed by atoms with Crippen LogP contribution in [0.5, 0.6) is 0 Å². The predicted octanol–water partition coefficient (Wildman–Crippen LogP) is 0.564. The Hall–Kier alpha value is -1.85. The van der Waals surface area contributed by atoms with Crippen LogP contribution >= 0.6 is 0 Å². The molecule has 0 unspecified atom stereocenters. The average molecular weight is 251 g/mol. The van der Waals surface area contributed by atoms with E-state index in [-0.39, 0.29) is 5.56 Å². The van der Waals surface area contributed by atoms with Crippen LogP contribution in [0.1, 0.15) is 19.8 Å². The Labute approximate surface area is 105 Å². The van der Waals surface area contributed by atoms with Gasteiger partial charge in [0.25, 0.3) is 5.56 Å². The van der Waals surface area contributed by atoms with Crippen LogP contribution in [0.4, 0.5) is 5.69 Å². The second kappa shape index (κ2) is 5.20. The van der Waals surface area contributed by atoms with Crippen LogP contribution in [0.15, 0.2) is 17.1 Å². The molecule has 1 aliphatic heterocycles. The number of aromatic nitrogens is 2. The molecule has 0 aliphatic carbocycles. The van der Waals surface area contributed by atoms with Crippen LogP contribution in [0.3, 0.4) is 0 Å². The number of piperidine rings is 1. The van der Waals surface area contributed by atoms with Crippen molar-refractivity contribution in [1.29, 1.82) is 0 Å². The standard InChI is InChI=1S/C12H17N3O3/c1-9-2-4-14(5-3-9)10-6-11(16)15(13-7-10)8-12(17)18/h6-7,9H,2-5,8H2,1H3,(H,17,18). The van der Waals surface area contributed by atoms with Gasteiger partial charge in [0.2, 0.25) is 0 Å². The molecule has 1 aromatic rings. The minimum absolute atomic E-state index is 0.367. The molecule has 1 saturated heterocycles. The fraction of sp³-hybridized carbons (Fsp3) is 0.583. The molecule has 0 bridgehead atoms. The normalized spacial score (nSPS) is 16.8. The number of carbonyl (C=O) groups is 1.